The molecule has 1 heterocycles. The minimum absolute atomic E-state index is 0.0850. The molecule has 1 aliphatic heterocycles. The number of nitrogens with one attached hydrogen (secondary N) is 1. The van der Waals surface area contributed by atoms with Gasteiger partial charge in [-0.25, -0.2) is 9.11 Å². The van der Waals surface area contributed by atoms with Crippen LogP contribution in [0.5, 0.6) is 5.75 Å². The van der Waals surface area contributed by atoms with Crippen molar-refractivity contribution in [1.82, 2.24) is 9.03 Å². The highest BCUT2D eigenvalue weighted by atomic mass is 35.5. The first-order chi connectivity index (χ1) is 13.3. The van der Waals surface area contributed by atoms with Gasteiger partial charge in [0, 0.05) is 18.2 Å². The summed E-state index contributed by atoms with van der Waals surface area (Å²) in [6.07, 6.45) is 7.67. The lowest BCUT2D eigenvalue weighted by Crippen LogP contribution is -2.46. The fourth-order valence-corrected chi connectivity index (χ4v) is 6.18. The van der Waals surface area contributed by atoms with E-state index < -0.39 is 27.5 Å². The van der Waals surface area contributed by atoms with E-state index in [4.69, 9.17) is 16.3 Å². The van der Waals surface area contributed by atoms with E-state index >= 15 is 0 Å². The molecular formula is C19H24ClFN2O4S. The molecular weight excluding hydrogens is 407 g/mol. The van der Waals surface area contributed by atoms with Gasteiger partial charge in [-0.3, -0.25) is 4.79 Å². The number of amides is 1. The molecule has 1 aromatic rings. The molecule has 1 spiro atoms. The zero-order valence-electron chi connectivity index (χ0n) is 15.5. The summed E-state index contributed by atoms with van der Waals surface area (Å²) in [5, 5.41) is 0.0850. The van der Waals surface area contributed by atoms with Gasteiger partial charge in [0.15, 0.2) is 0 Å². The third kappa shape index (κ3) is 3.86. The van der Waals surface area contributed by atoms with E-state index in [1.54, 1.807) is 0 Å². The second kappa shape index (κ2) is 7.46. The van der Waals surface area contributed by atoms with Crippen molar-refractivity contribution >= 4 is 27.7 Å². The summed E-state index contributed by atoms with van der Waals surface area (Å²) in [6, 6.07) is 2.18. The second-order valence-electron chi connectivity index (χ2n) is 8.06. The lowest BCUT2D eigenvalue weighted by Gasteiger charge is -2.23. The molecule has 28 heavy (non-hydrogen) atoms. The van der Waals surface area contributed by atoms with Crippen molar-refractivity contribution in [2.45, 2.75) is 56.9 Å². The molecule has 1 saturated heterocycles. The second-order valence-corrected chi connectivity index (χ2v) is 10.1. The Hall–Kier alpha value is -1.38. The number of benzene rings is 1. The van der Waals surface area contributed by atoms with Gasteiger partial charge in [0.1, 0.15) is 11.6 Å². The first kappa shape index (κ1) is 19.9. The average Bonchev–Trinajstić information content (AvgIpc) is 3.04. The SMILES string of the molecule is O=C(NS(=O)(=O)N1CCCC12CC2)c1cc(Cl)c(OCC2CCCC2)cc1F. The molecule has 3 fully saturated rings. The number of ether oxygens (including phenoxy) is 1. The molecule has 0 unspecified atom stereocenters. The summed E-state index contributed by atoms with van der Waals surface area (Å²) >= 11 is 6.15. The van der Waals surface area contributed by atoms with Crippen LogP contribution < -0.4 is 9.46 Å². The van der Waals surface area contributed by atoms with Crippen molar-refractivity contribution in [3.8, 4) is 5.75 Å². The molecule has 9 heteroatoms. The van der Waals surface area contributed by atoms with Gasteiger partial charge in [-0.15, -0.1) is 0 Å². The molecule has 4 rings (SSSR count). The number of nitrogens with zero attached hydrogens (tertiary/aromatic N) is 1. The molecule has 1 N–H and O–H groups in total. The molecule has 0 radical (unpaired) electrons. The van der Waals surface area contributed by atoms with Crippen LogP contribution in [0.25, 0.3) is 0 Å². The van der Waals surface area contributed by atoms with E-state index in [0.717, 1.165) is 50.7 Å². The van der Waals surface area contributed by atoms with Crippen molar-refractivity contribution in [2.24, 2.45) is 5.92 Å². The zero-order valence-corrected chi connectivity index (χ0v) is 17.1. The van der Waals surface area contributed by atoms with Crippen molar-refractivity contribution in [3.05, 3.63) is 28.5 Å². The van der Waals surface area contributed by atoms with Crippen molar-refractivity contribution in [3.63, 3.8) is 0 Å². The molecule has 0 aromatic heterocycles. The molecule has 3 aliphatic rings. The van der Waals surface area contributed by atoms with Gasteiger partial charge in [0.05, 0.1) is 17.2 Å². The maximum Gasteiger partial charge on any atom is 0.304 e. The van der Waals surface area contributed by atoms with E-state index in [1.807, 2.05) is 4.72 Å². The van der Waals surface area contributed by atoms with Gasteiger partial charge in [-0.1, -0.05) is 24.4 Å². The molecule has 154 valence electrons. The first-order valence-electron chi connectivity index (χ1n) is 9.77. The summed E-state index contributed by atoms with van der Waals surface area (Å²) in [5.74, 6) is -1.28. The van der Waals surface area contributed by atoms with Gasteiger partial charge in [0.2, 0.25) is 0 Å². The Balaban J connectivity index is 1.46. The Morgan fingerprint density at radius 3 is 2.64 bits per heavy atom. The molecule has 0 atom stereocenters. The minimum Gasteiger partial charge on any atom is -0.492 e. The Morgan fingerprint density at radius 1 is 1.25 bits per heavy atom. The Labute approximate surface area is 169 Å². The fourth-order valence-electron chi connectivity index (χ4n) is 4.36. The van der Waals surface area contributed by atoms with Crippen molar-refractivity contribution in [2.75, 3.05) is 13.2 Å². The van der Waals surface area contributed by atoms with Crippen LogP contribution in [-0.4, -0.2) is 37.3 Å². The predicted octanol–water partition coefficient (Wildman–Crippen LogP) is 3.65. The Bertz CT molecular complexity index is 882. The largest absolute Gasteiger partial charge is 0.492 e. The number of rotatable bonds is 6. The van der Waals surface area contributed by atoms with E-state index in [2.05, 4.69) is 0 Å². The summed E-state index contributed by atoms with van der Waals surface area (Å²) in [5.41, 5.74) is -0.758. The molecule has 1 amide bonds. The highest BCUT2D eigenvalue weighted by Gasteiger charge is 2.55. The van der Waals surface area contributed by atoms with Gasteiger partial charge in [0.25, 0.3) is 5.91 Å². The van der Waals surface area contributed by atoms with Gasteiger partial charge >= 0.3 is 10.2 Å². The van der Waals surface area contributed by atoms with Gasteiger partial charge in [-0.2, -0.15) is 12.7 Å². The van der Waals surface area contributed by atoms with Crippen molar-refractivity contribution < 1.29 is 22.3 Å². The predicted molar refractivity (Wildman–Crippen MR) is 103 cm³/mol. The Kier molecular flexibility index (Phi) is 5.31. The topological polar surface area (TPSA) is 75.7 Å². The smallest absolute Gasteiger partial charge is 0.304 e. The minimum atomic E-state index is -4.02. The molecule has 2 saturated carbocycles. The summed E-state index contributed by atoms with van der Waals surface area (Å²) < 4.78 is 48.6. The monoisotopic (exact) mass is 430 g/mol. The van der Waals surface area contributed by atoms with Crippen LogP contribution in [0.1, 0.15) is 61.7 Å². The maximum atomic E-state index is 14.5. The quantitative estimate of drug-likeness (QED) is 0.747. The van der Waals surface area contributed by atoms with E-state index in [9.17, 15) is 17.6 Å². The zero-order chi connectivity index (χ0) is 19.9. The third-order valence-corrected chi connectivity index (χ3v) is 7.98. The van der Waals surface area contributed by atoms with Crippen LogP contribution in [-0.2, 0) is 10.2 Å². The highest BCUT2D eigenvalue weighted by Crippen LogP contribution is 2.50. The van der Waals surface area contributed by atoms with E-state index in [-0.39, 0.29) is 16.3 Å². The lowest BCUT2D eigenvalue weighted by molar-refractivity contribution is 0.0974. The van der Waals surface area contributed by atoms with Gasteiger partial charge in [-0.05, 0) is 50.5 Å². The van der Waals surface area contributed by atoms with Crippen LogP contribution in [0.4, 0.5) is 4.39 Å². The normalized spacial score (nSPS) is 21.9. The average molecular weight is 431 g/mol. The number of halogens is 2. The van der Waals surface area contributed by atoms with E-state index in [1.165, 1.54) is 17.1 Å². The van der Waals surface area contributed by atoms with Gasteiger partial charge < -0.3 is 4.74 Å². The maximum absolute atomic E-state index is 14.5. The summed E-state index contributed by atoms with van der Waals surface area (Å²) in [7, 11) is -4.02. The summed E-state index contributed by atoms with van der Waals surface area (Å²) in [4.78, 5) is 12.4. The fraction of sp³-hybridized carbons (Fsp3) is 0.632. The van der Waals surface area contributed by atoms with E-state index in [0.29, 0.717) is 19.1 Å². The summed E-state index contributed by atoms with van der Waals surface area (Å²) in [6.45, 7) is 0.829. The number of hydrogen-bond donors (Lipinski definition) is 1. The van der Waals surface area contributed by atoms with Crippen LogP contribution in [0.3, 0.4) is 0 Å². The van der Waals surface area contributed by atoms with Crippen LogP contribution >= 0.6 is 11.6 Å². The third-order valence-electron chi connectivity index (χ3n) is 6.09. The standard InChI is InChI=1S/C19H24ClFN2O4S/c20-15-10-14(16(21)11-17(15)27-12-13-4-1-2-5-13)18(24)22-28(25,26)23-9-3-6-19(23)7-8-19/h10-11,13H,1-9,12H2,(H,22,24). The van der Waals surface area contributed by atoms with Crippen LogP contribution in [0.15, 0.2) is 12.1 Å². The number of hydrogen-bond acceptors (Lipinski definition) is 4. The highest BCUT2D eigenvalue weighted by molar-refractivity contribution is 7.87. The first-order valence-corrected chi connectivity index (χ1v) is 11.6. The molecule has 1 aromatic carbocycles. The van der Waals surface area contributed by atoms with Crippen LogP contribution in [0.2, 0.25) is 5.02 Å². The lowest BCUT2D eigenvalue weighted by atomic mass is 10.1. The molecule has 0 bridgehead atoms. The molecule has 6 nitrogen and oxygen atoms in total. The van der Waals surface area contributed by atoms with Crippen LogP contribution in [0, 0.1) is 11.7 Å². The number of carbonyl (C=O) groups is 1. The van der Waals surface area contributed by atoms with Crippen molar-refractivity contribution in [1.29, 1.82) is 0 Å². The number of carbonyl (C=O) groups excluding carboxylic acids is 1. The Morgan fingerprint density at radius 2 is 1.96 bits per heavy atom. The molecule has 2 aliphatic carbocycles.